The summed E-state index contributed by atoms with van der Waals surface area (Å²) in [4.78, 5) is 11.9. The SMILES string of the molecule is Cc1ccc(C(O)c2ccc3c(c2)n(C)c(=O)n3C)o1. The van der Waals surface area contributed by atoms with Crippen molar-refractivity contribution in [2.24, 2.45) is 14.1 Å². The maximum absolute atomic E-state index is 11.9. The quantitative estimate of drug-likeness (QED) is 0.774. The topological polar surface area (TPSA) is 60.3 Å². The van der Waals surface area contributed by atoms with Crippen molar-refractivity contribution in [2.75, 3.05) is 0 Å². The molecular weight excluding hydrogens is 256 g/mol. The second-order valence-electron chi connectivity index (χ2n) is 5.00. The van der Waals surface area contributed by atoms with Gasteiger partial charge in [0.15, 0.2) is 0 Å². The Morgan fingerprint density at radius 2 is 1.80 bits per heavy atom. The number of aromatic nitrogens is 2. The van der Waals surface area contributed by atoms with E-state index in [0.717, 1.165) is 16.8 Å². The zero-order valence-electron chi connectivity index (χ0n) is 11.6. The molecule has 1 atom stereocenters. The van der Waals surface area contributed by atoms with Gasteiger partial charge < -0.3 is 9.52 Å². The lowest BCUT2D eigenvalue weighted by Crippen LogP contribution is -2.19. The molecule has 1 aromatic carbocycles. The van der Waals surface area contributed by atoms with Crippen LogP contribution in [0.1, 0.15) is 23.2 Å². The Balaban J connectivity index is 2.14. The number of nitrogens with zero attached hydrogens (tertiary/aromatic N) is 2. The van der Waals surface area contributed by atoms with Crippen molar-refractivity contribution in [3.8, 4) is 0 Å². The molecule has 0 bridgehead atoms. The van der Waals surface area contributed by atoms with Gasteiger partial charge in [0, 0.05) is 14.1 Å². The predicted octanol–water partition coefficient (Wildman–Crippen LogP) is 1.86. The molecule has 1 N–H and O–H groups in total. The van der Waals surface area contributed by atoms with E-state index in [1.807, 2.05) is 31.2 Å². The summed E-state index contributed by atoms with van der Waals surface area (Å²) in [7, 11) is 3.45. The Kier molecular flexibility index (Phi) is 2.79. The molecule has 20 heavy (non-hydrogen) atoms. The highest BCUT2D eigenvalue weighted by molar-refractivity contribution is 5.77. The first-order valence-corrected chi connectivity index (χ1v) is 6.39. The van der Waals surface area contributed by atoms with Crippen LogP contribution in [0.15, 0.2) is 39.5 Å². The van der Waals surface area contributed by atoms with Gasteiger partial charge in [-0.3, -0.25) is 9.13 Å². The Morgan fingerprint density at radius 1 is 1.10 bits per heavy atom. The van der Waals surface area contributed by atoms with E-state index in [-0.39, 0.29) is 5.69 Å². The Labute approximate surface area is 115 Å². The fraction of sp³-hybridized carbons (Fsp3) is 0.267. The van der Waals surface area contributed by atoms with Crippen molar-refractivity contribution in [3.05, 3.63) is 57.9 Å². The molecule has 3 rings (SSSR count). The minimum atomic E-state index is -0.830. The van der Waals surface area contributed by atoms with Gasteiger partial charge in [-0.1, -0.05) is 6.07 Å². The maximum Gasteiger partial charge on any atom is 0.328 e. The van der Waals surface area contributed by atoms with Crippen LogP contribution in [0, 0.1) is 6.92 Å². The number of hydrogen-bond donors (Lipinski definition) is 1. The van der Waals surface area contributed by atoms with Crippen LogP contribution < -0.4 is 5.69 Å². The van der Waals surface area contributed by atoms with E-state index in [4.69, 9.17) is 4.42 Å². The van der Waals surface area contributed by atoms with Crippen molar-refractivity contribution >= 4 is 11.0 Å². The molecule has 3 aromatic rings. The largest absolute Gasteiger partial charge is 0.463 e. The fourth-order valence-corrected chi connectivity index (χ4v) is 2.46. The average molecular weight is 272 g/mol. The Morgan fingerprint density at radius 3 is 2.45 bits per heavy atom. The summed E-state index contributed by atoms with van der Waals surface area (Å²) in [5, 5.41) is 10.3. The number of aliphatic hydroxyl groups excluding tert-OH is 1. The van der Waals surface area contributed by atoms with Gasteiger partial charge in [0.25, 0.3) is 0 Å². The normalized spacial score (nSPS) is 13.0. The monoisotopic (exact) mass is 272 g/mol. The first kappa shape index (κ1) is 12.7. The first-order chi connectivity index (χ1) is 9.49. The van der Waals surface area contributed by atoms with Gasteiger partial charge in [-0.2, -0.15) is 0 Å². The van der Waals surface area contributed by atoms with Crippen LogP contribution in [0.5, 0.6) is 0 Å². The molecular formula is C15H16N2O3. The molecule has 0 aliphatic heterocycles. The maximum atomic E-state index is 11.9. The molecule has 0 saturated heterocycles. The van der Waals surface area contributed by atoms with Crippen LogP contribution in [-0.2, 0) is 14.1 Å². The minimum Gasteiger partial charge on any atom is -0.463 e. The van der Waals surface area contributed by atoms with Gasteiger partial charge in [-0.05, 0) is 36.8 Å². The zero-order chi connectivity index (χ0) is 14.4. The van der Waals surface area contributed by atoms with E-state index >= 15 is 0 Å². The minimum absolute atomic E-state index is 0.0829. The molecule has 5 heteroatoms. The number of hydrogen-bond acceptors (Lipinski definition) is 3. The molecule has 0 radical (unpaired) electrons. The standard InChI is InChI=1S/C15H16N2O3/c1-9-4-7-13(20-9)14(18)10-5-6-11-12(8-10)17(3)15(19)16(11)2/h4-8,14,18H,1-3H3. The summed E-state index contributed by atoms with van der Waals surface area (Å²) < 4.78 is 8.60. The lowest BCUT2D eigenvalue weighted by molar-refractivity contribution is 0.188. The van der Waals surface area contributed by atoms with Crippen LogP contribution in [0.3, 0.4) is 0 Å². The number of furan rings is 1. The van der Waals surface area contributed by atoms with Crippen LogP contribution in [0.2, 0.25) is 0 Å². The van der Waals surface area contributed by atoms with Gasteiger partial charge >= 0.3 is 5.69 Å². The fourth-order valence-electron chi connectivity index (χ4n) is 2.46. The third kappa shape index (κ3) is 1.78. The number of aliphatic hydroxyl groups is 1. The lowest BCUT2D eigenvalue weighted by Gasteiger charge is -2.08. The van der Waals surface area contributed by atoms with Gasteiger partial charge in [0.1, 0.15) is 17.6 Å². The van der Waals surface area contributed by atoms with Crippen LogP contribution in [-0.4, -0.2) is 14.2 Å². The van der Waals surface area contributed by atoms with Gasteiger partial charge in [0.2, 0.25) is 0 Å². The molecule has 1 unspecified atom stereocenters. The van der Waals surface area contributed by atoms with E-state index < -0.39 is 6.10 Å². The molecule has 2 aromatic heterocycles. The molecule has 0 aliphatic rings. The third-order valence-electron chi connectivity index (χ3n) is 3.64. The van der Waals surface area contributed by atoms with Crippen LogP contribution in [0.25, 0.3) is 11.0 Å². The van der Waals surface area contributed by atoms with E-state index in [1.54, 1.807) is 29.3 Å². The second kappa shape index (κ2) is 4.38. The summed E-state index contributed by atoms with van der Waals surface area (Å²) in [6.45, 7) is 1.83. The summed E-state index contributed by atoms with van der Waals surface area (Å²) in [6, 6.07) is 9.04. The summed E-state index contributed by atoms with van der Waals surface area (Å²) in [6.07, 6.45) is -0.830. The lowest BCUT2D eigenvalue weighted by atomic mass is 10.1. The highest BCUT2D eigenvalue weighted by Gasteiger charge is 2.16. The summed E-state index contributed by atoms with van der Waals surface area (Å²) >= 11 is 0. The molecule has 2 heterocycles. The molecule has 0 amide bonds. The van der Waals surface area contributed by atoms with Gasteiger partial charge in [-0.25, -0.2) is 4.79 Å². The highest BCUT2D eigenvalue weighted by Crippen LogP contribution is 2.26. The Bertz CT molecular complexity index is 839. The second-order valence-corrected chi connectivity index (χ2v) is 5.00. The van der Waals surface area contributed by atoms with Crippen molar-refractivity contribution in [1.82, 2.24) is 9.13 Å². The molecule has 5 nitrogen and oxygen atoms in total. The average Bonchev–Trinajstić information content (AvgIpc) is 2.97. The summed E-state index contributed by atoms with van der Waals surface area (Å²) in [5.74, 6) is 1.26. The molecule has 0 spiro atoms. The van der Waals surface area contributed by atoms with Gasteiger partial charge in [0.05, 0.1) is 11.0 Å². The number of benzene rings is 1. The van der Waals surface area contributed by atoms with Crippen molar-refractivity contribution in [1.29, 1.82) is 0 Å². The molecule has 0 aliphatic carbocycles. The summed E-state index contributed by atoms with van der Waals surface area (Å²) in [5.41, 5.74) is 2.25. The van der Waals surface area contributed by atoms with E-state index in [1.165, 1.54) is 0 Å². The number of imidazole rings is 1. The van der Waals surface area contributed by atoms with Crippen molar-refractivity contribution in [3.63, 3.8) is 0 Å². The molecule has 104 valence electrons. The zero-order valence-corrected chi connectivity index (χ0v) is 11.6. The van der Waals surface area contributed by atoms with Crippen molar-refractivity contribution < 1.29 is 9.52 Å². The van der Waals surface area contributed by atoms with E-state index in [0.29, 0.717) is 11.3 Å². The number of rotatable bonds is 2. The third-order valence-corrected chi connectivity index (χ3v) is 3.64. The van der Waals surface area contributed by atoms with Crippen LogP contribution >= 0.6 is 0 Å². The first-order valence-electron chi connectivity index (χ1n) is 6.39. The van der Waals surface area contributed by atoms with Crippen molar-refractivity contribution in [2.45, 2.75) is 13.0 Å². The van der Waals surface area contributed by atoms with Gasteiger partial charge in [-0.15, -0.1) is 0 Å². The molecule has 0 fully saturated rings. The number of fused-ring (bicyclic) bond motifs is 1. The highest BCUT2D eigenvalue weighted by atomic mass is 16.4. The smallest absolute Gasteiger partial charge is 0.328 e. The Hall–Kier alpha value is -2.27. The predicted molar refractivity (Wildman–Crippen MR) is 75.7 cm³/mol. The van der Waals surface area contributed by atoms with E-state index in [9.17, 15) is 9.90 Å². The van der Waals surface area contributed by atoms with E-state index in [2.05, 4.69) is 0 Å². The number of aryl methyl sites for hydroxylation is 3. The van der Waals surface area contributed by atoms with Crippen LogP contribution in [0.4, 0.5) is 0 Å². The molecule has 0 saturated carbocycles.